The monoisotopic (exact) mass is 531 g/mol. The maximum Gasteiger partial charge on any atom is 0.324 e. The van der Waals surface area contributed by atoms with Gasteiger partial charge in [-0.2, -0.15) is 0 Å². The Hall–Kier alpha value is -3.70. The van der Waals surface area contributed by atoms with E-state index in [1.807, 2.05) is 40.6 Å². The zero-order valence-corrected chi connectivity index (χ0v) is 21.8. The largest absolute Gasteiger partial charge is 0.342 e. The third kappa shape index (κ3) is 4.91. The van der Waals surface area contributed by atoms with Crippen LogP contribution in [-0.2, 0) is 11.3 Å². The predicted octanol–water partition coefficient (Wildman–Crippen LogP) is 4.54. The Bertz CT molecular complexity index is 1440. The summed E-state index contributed by atoms with van der Waals surface area (Å²) in [6.45, 7) is 3.79. The lowest BCUT2D eigenvalue weighted by atomic mass is 9.93. The van der Waals surface area contributed by atoms with E-state index < -0.39 is 0 Å². The summed E-state index contributed by atoms with van der Waals surface area (Å²) in [7, 11) is 0. The fourth-order valence-corrected chi connectivity index (χ4v) is 6.41. The minimum atomic E-state index is -0.340. The number of likely N-dealkylation sites (tertiary alicyclic amines) is 2. The first-order chi connectivity index (χ1) is 18.6. The molecule has 0 saturated carbocycles. The number of piperidine rings is 2. The number of imidazole rings is 1. The Morgan fingerprint density at radius 3 is 2.53 bits per heavy atom. The average Bonchev–Trinajstić information content (AvgIpc) is 3.59. The van der Waals surface area contributed by atoms with Crippen LogP contribution in [0.3, 0.4) is 0 Å². The molecule has 10 nitrogen and oxygen atoms in total. The summed E-state index contributed by atoms with van der Waals surface area (Å²) in [6, 6.07) is 11.6. The number of rotatable bonds is 6. The van der Waals surface area contributed by atoms with Gasteiger partial charge in [-0.15, -0.1) is 0 Å². The Labute approximate surface area is 224 Å². The molecule has 6 heterocycles. The van der Waals surface area contributed by atoms with Gasteiger partial charge in [-0.05, 0) is 68.6 Å². The number of fused-ring (bicyclic) bond motifs is 1. The van der Waals surface area contributed by atoms with E-state index in [9.17, 15) is 14.9 Å². The average molecular weight is 532 g/mol. The fraction of sp³-hybridized carbons (Fsp3) is 0.407. The SMILES string of the molecule is O=C(C1CCN(Cc2csc([N+](=O)[O-])c2)CC1)N1CCC(n2c(-c3ccccn3)nc3cccnc32)CC1. The number of carbonyl (C=O) groups excluding carboxylic acids is 1. The van der Waals surface area contributed by atoms with Crippen molar-refractivity contribution in [2.75, 3.05) is 26.2 Å². The van der Waals surface area contributed by atoms with Crippen LogP contribution in [0.2, 0.25) is 0 Å². The van der Waals surface area contributed by atoms with Crippen LogP contribution in [0, 0.1) is 16.0 Å². The Morgan fingerprint density at radius 1 is 1.03 bits per heavy atom. The molecule has 2 fully saturated rings. The van der Waals surface area contributed by atoms with Crippen molar-refractivity contribution in [1.29, 1.82) is 0 Å². The zero-order valence-electron chi connectivity index (χ0n) is 21.0. The first kappa shape index (κ1) is 24.6. The van der Waals surface area contributed by atoms with Crippen LogP contribution in [0.1, 0.15) is 37.3 Å². The van der Waals surface area contributed by atoms with Crippen LogP contribution in [-0.4, -0.2) is 66.3 Å². The quantitative estimate of drug-likeness (QED) is 0.265. The predicted molar refractivity (Wildman–Crippen MR) is 145 cm³/mol. The van der Waals surface area contributed by atoms with Crippen LogP contribution in [0.15, 0.2) is 54.2 Å². The number of hydrogen-bond acceptors (Lipinski definition) is 8. The van der Waals surface area contributed by atoms with E-state index in [0.29, 0.717) is 6.54 Å². The summed E-state index contributed by atoms with van der Waals surface area (Å²) in [4.78, 5) is 42.3. The lowest BCUT2D eigenvalue weighted by molar-refractivity contribution is -0.380. The second-order valence-electron chi connectivity index (χ2n) is 10.0. The molecule has 0 N–H and O–H groups in total. The van der Waals surface area contributed by atoms with Gasteiger partial charge in [0.1, 0.15) is 11.2 Å². The summed E-state index contributed by atoms with van der Waals surface area (Å²) >= 11 is 1.17. The number of amides is 1. The normalized spacial score (nSPS) is 17.7. The van der Waals surface area contributed by atoms with E-state index in [1.165, 1.54) is 11.3 Å². The second kappa shape index (κ2) is 10.6. The van der Waals surface area contributed by atoms with Gasteiger partial charge in [0.05, 0.1) is 4.92 Å². The molecule has 0 aromatic carbocycles. The van der Waals surface area contributed by atoms with Crippen molar-refractivity contribution in [3.05, 3.63) is 69.8 Å². The lowest BCUT2D eigenvalue weighted by Gasteiger charge is -2.37. The van der Waals surface area contributed by atoms with E-state index in [0.717, 1.165) is 80.1 Å². The van der Waals surface area contributed by atoms with Crippen molar-refractivity contribution in [1.82, 2.24) is 29.3 Å². The molecule has 0 aliphatic carbocycles. The van der Waals surface area contributed by atoms with Crippen LogP contribution in [0.25, 0.3) is 22.7 Å². The smallest absolute Gasteiger partial charge is 0.324 e. The Kier molecular flexibility index (Phi) is 6.86. The molecule has 2 aliphatic rings. The molecular formula is C27H29N7O3S. The van der Waals surface area contributed by atoms with E-state index in [2.05, 4.69) is 19.4 Å². The van der Waals surface area contributed by atoms with Crippen LogP contribution in [0.4, 0.5) is 5.00 Å². The van der Waals surface area contributed by atoms with Gasteiger partial charge < -0.3 is 9.47 Å². The second-order valence-corrected chi connectivity index (χ2v) is 10.9. The van der Waals surface area contributed by atoms with Crippen molar-refractivity contribution >= 4 is 33.4 Å². The highest BCUT2D eigenvalue weighted by Crippen LogP contribution is 2.33. The summed E-state index contributed by atoms with van der Waals surface area (Å²) in [6.07, 6.45) is 6.93. The molecule has 6 rings (SSSR count). The third-order valence-corrected chi connectivity index (χ3v) is 8.58. The first-order valence-electron chi connectivity index (χ1n) is 13.0. The topological polar surface area (TPSA) is 110 Å². The fourth-order valence-electron chi connectivity index (χ4n) is 5.69. The number of pyridine rings is 2. The highest BCUT2D eigenvalue weighted by molar-refractivity contribution is 7.13. The maximum absolute atomic E-state index is 13.4. The lowest BCUT2D eigenvalue weighted by Crippen LogP contribution is -2.45. The van der Waals surface area contributed by atoms with Crippen molar-refractivity contribution in [2.24, 2.45) is 5.92 Å². The number of hydrogen-bond donors (Lipinski definition) is 0. The van der Waals surface area contributed by atoms with Gasteiger partial charge in [0.15, 0.2) is 11.5 Å². The van der Waals surface area contributed by atoms with Crippen molar-refractivity contribution in [3.8, 4) is 11.5 Å². The molecule has 0 atom stereocenters. The molecule has 2 aliphatic heterocycles. The Balaban J connectivity index is 1.08. The summed E-state index contributed by atoms with van der Waals surface area (Å²) in [5.41, 5.74) is 3.52. The molecule has 4 aromatic rings. The minimum Gasteiger partial charge on any atom is -0.342 e. The third-order valence-electron chi connectivity index (χ3n) is 7.65. The molecule has 0 unspecified atom stereocenters. The maximum atomic E-state index is 13.4. The number of carbonyl (C=O) groups is 1. The van der Waals surface area contributed by atoms with Gasteiger partial charge in [-0.25, -0.2) is 9.97 Å². The van der Waals surface area contributed by atoms with Crippen molar-refractivity contribution in [3.63, 3.8) is 0 Å². The van der Waals surface area contributed by atoms with E-state index in [4.69, 9.17) is 4.98 Å². The molecule has 4 aromatic heterocycles. The van der Waals surface area contributed by atoms with Crippen LogP contribution < -0.4 is 0 Å². The Morgan fingerprint density at radius 2 is 1.82 bits per heavy atom. The molecule has 0 radical (unpaired) electrons. The van der Waals surface area contributed by atoms with Gasteiger partial charge in [-0.1, -0.05) is 17.4 Å². The van der Waals surface area contributed by atoms with Crippen LogP contribution >= 0.6 is 11.3 Å². The van der Waals surface area contributed by atoms with Gasteiger partial charge >= 0.3 is 5.00 Å². The highest BCUT2D eigenvalue weighted by atomic mass is 32.1. The van der Waals surface area contributed by atoms with Gasteiger partial charge in [0.2, 0.25) is 5.91 Å². The van der Waals surface area contributed by atoms with E-state index >= 15 is 0 Å². The van der Waals surface area contributed by atoms with Crippen molar-refractivity contribution < 1.29 is 9.72 Å². The van der Waals surface area contributed by atoms with E-state index in [1.54, 1.807) is 18.5 Å². The summed E-state index contributed by atoms with van der Waals surface area (Å²) < 4.78 is 2.22. The number of aromatic nitrogens is 4. The summed E-state index contributed by atoms with van der Waals surface area (Å²) in [5, 5.41) is 13.0. The molecule has 38 heavy (non-hydrogen) atoms. The van der Waals surface area contributed by atoms with Gasteiger partial charge in [0.25, 0.3) is 0 Å². The molecule has 0 spiro atoms. The molecular weight excluding hydrogens is 502 g/mol. The van der Waals surface area contributed by atoms with Crippen molar-refractivity contribution in [2.45, 2.75) is 38.3 Å². The molecule has 11 heteroatoms. The minimum absolute atomic E-state index is 0.0411. The van der Waals surface area contributed by atoms with Crippen LogP contribution in [0.5, 0.6) is 0 Å². The molecule has 0 bridgehead atoms. The number of nitrogens with zero attached hydrogens (tertiary/aromatic N) is 7. The standard InChI is InChI=1S/C27H29N7O3S/c35-27(20-6-12-31(13-7-20)17-19-16-24(34(36)37)38-18-19)32-14-8-21(9-15-32)33-25-23(5-3-11-29-25)30-26(33)22-4-1-2-10-28-22/h1-5,10-11,16,18,20-21H,6-9,12-15,17H2. The number of thiophene rings is 1. The highest BCUT2D eigenvalue weighted by Gasteiger charge is 2.33. The zero-order chi connectivity index (χ0) is 26.1. The number of nitro groups is 1. The molecule has 196 valence electrons. The summed E-state index contributed by atoms with van der Waals surface area (Å²) in [5.74, 6) is 1.12. The van der Waals surface area contributed by atoms with Gasteiger partial charge in [-0.3, -0.25) is 24.8 Å². The molecule has 2 saturated heterocycles. The molecule has 1 amide bonds. The van der Waals surface area contributed by atoms with Gasteiger partial charge in [0, 0.05) is 55.4 Å². The van der Waals surface area contributed by atoms with E-state index in [-0.39, 0.29) is 27.8 Å². The first-order valence-corrected chi connectivity index (χ1v) is 13.9.